The zero-order valence-electron chi connectivity index (χ0n) is 27.6. The average Bonchev–Trinajstić information content (AvgIpc) is 3.51. The Morgan fingerprint density at radius 3 is 1.62 bits per heavy atom. The fourth-order valence-electron chi connectivity index (χ4n) is 4.93. The molecule has 0 unspecified atom stereocenters. The van der Waals surface area contributed by atoms with Crippen LogP contribution in [0.4, 0.5) is 11.4 Å². The van der Waals surface area contributed by atoms with Gasteiger partial charge in [-0.15, -0.1) is 22.7 Å². The molecule has 2 amide bonds. The van der Waals surface area contributed by atoms with Crippen molar-refractivity contribution in [3.8, 4) is 0 Å². The average molecular weight is 748 g/mol. The normalized spacial score (nSPS) is 13.2. The van der Waals surface area contributed by atoms with Crippen LogP contribution in [0.15, 0.2) is 37.1 Å². The molecule has 254 valence electrons. The molecule has 4 N–H and O–H groups in total. The Balaban J connectivity index is 0.000000313. The van der Waals surface area contributed by atoms with Crippen LogP contribution < -0.4 is 11.5 Å². The molecule has 2 aromatic heterocycles. The van der Waals surface area contributed by atoms with Gasteiger partial charge in [-0.1, -0.05) is 27.7 Å². The number of rotatable bonds is 11. The molecule has 0 fully saturated rings. The van der Waals surface area contributed by atoms with Crippen molar-refractivity contribution in [2.45, 2.75) is 66.2 Å². The van der Waals surface area contributed by atoms with E-state index < -0.39 is 5.97 Å². The molecule has 2 aromatic rings. The van der Waals surface area contributed by atoms with Gasteiger partial charge in [0.15, 0.2) is 0 Å². The fraction of sp³-hybridized carbons (Fsp3) is 0.455. The van der Waals surface area contributed by atoms with E-state index in [9.17, 15) is 14.4 Å². The topological polar surface area (TPSA) is 164 Å². The number of carbonyl (C=O) groups is 3. The summed E-state index contributed by atoms with van der Waals surface area (Å²) in [5.74, 6) is 0.510. The summed E-state index contributed by atoms with van der Waals surface area (Å²) >= 11 is 6.29. The third-order valence-corrected chi connectivity index (χ3v) is 9.44. The van der Waals surface area contributed by atoms with Crippen molar-refractivity contribution in [1.29, 1.82) is 0 Å². The number of esters is 1. The number of hydrogen-bond acceptors (Lipinski definition) is 10. The molecule has 0 atom stereocenters. The van der Waals surface area contributed by atoms with Gasteiger partial charge in [0.25, 0.3) is 0 Å². The summed E-state index contributed by atoms with van der Waals surface area (Å²) in [6.07, 6.45) is 8.19. The van der Waals surface area contributed by atoms with Gasteiger partial charge in [0, 0.05) is 50.2 Å². The number of hydrogen-bond donors (Lipinski definition) is 2. The van der Waals surface area contributed by atoms with Crippen LogP contribution >= 0.6 is 38.6 Å². The molecular formula is C33H43BrN6O5S2. The number of amidine groups is 2. The second-order valence-corrected chi connectivity index (χ2v) is 14.2. The van der Waals surface area contributed by atoms with Crippen LogP contribution in [0.25, 0.3) is 12.2 Å². The standard InChI is InChI=1S/C17H23N3O3S.C15H20BrN3OS.CO/c1-4-6-20(7-5-2)16(21)11-8-13-12(19-15(18)9-11)10-14(24-13)17(22)23-3;1-3-5-19(6-4-2)15(20)10-7-12-11(9-13(16)21-12)18-14(17)8-10;1-2/h8,10H,4-7,9H2,1-3H3,(H2,18,19);7,9H,3-6,8H2,1-2H3,(H2,17,18);. The number of ether oxygens (including phenoxy) is 1. The summed E-state index contributed by atoms with van der Waals surface area (Å²) in [5, 5.41) is 0. The molecule has 11 nitrogen and oxygen atoms in total. The Labute approximate surface area is 293 Å². The number of methoxy groups -OCH3 is 1. The number of aliphatic imine (C=N–C) groups is 2. The van der Waals surface area contributed by atoms with Gasteiger partial charge in [-0.2, -0.15) is 0 Å². The summed E-state index contributed by atoms with van der Waals surface area (Å²) in [7, 11) is 1.34. The minimum atomic E-state index is -0.415. The Morgan fingerprint density at radius 1 is 0.809 bits per heavy atom. The molecule has 0 spiro atoms. The summed E-state index contributed by atoms with van der Waals surface area (Å²) in [5.41, 5.74) is 14.7. The van der Waals surface area contributed by atoms with Crippen LogP contribution in [-0.2, 0) is 19.0 Å². The number of amides is 2. The number of thiophene rings is 2. The quantitative estimate of drug-likeness (QED) is 0.145. The fourth-order valence-corrected chi connectivity index (χ4v) is 7.45. The van der Waals surface area contributed by atoms with Crippen molar-refractivity contribution < 1.29 is 23.8 Å². The van der Waals surface area contributed by atoms with Crippen LogP contribution in [0.2, 0.25) is 0 Å². The van der Waals surface area contributed by atoms with Gasteiger partial charge < -0.3 is 26.0 Å². The Bertz CT molecular complexity index is 1540. The van der Waals surface area contributed by atoms with Crippen LogP contribution in [0.5, 0.6) is 0 Å². The Morgan fingerprint density at radius 2 is 1.21 bits per heavy atom. The van der Waals surface area contributed by atoms with E-state index in [1.165, 1.54) is 18.4 Å². The van der Waals surface area contributed by atoms with Crippen LogP contribution in [-0.4, -0.2) is 72.5 Å². The van der Waals surface area contributed by atoms with Crippen molar-refractivity contribution in [2.24, 2.45) is 21.5 Å². The SMILES string of the molecule is CCCN(CCC)C(=O)C1=Cc2sc(Br)cc2N=C(N)C1.CCCN(CCC)C(=O)C1=Cc2sc(C(=O)OC)cc2N=C(N)C1.[C-]#[O+]. The number of nitrogens with zero attached hydrogens (tertiary/aromatic N) is 4. The molecule has 0 aliphatic carbocycles. The minimum absolute atomic E-state index is 0.0160. The molecule has 0 bridgehead atoms. The number of carbonyl (C=O) groups excluding carboxylic acids is 3. The van der Waals surface area contributed by atoms with Gasteiger partial charge in [0.05, 0.1) is 32.0 Å². The van der Waals surface area contributed by atoms with Gasteiger partial charge >= 0.3 is 17.3 Å². The Hall–Kier alpha value is -3.55. The maximum absolute atomic E-state index is 12.8. The Kier molecular flexibility index (Phi) is 16.8. The van der Waals surface area contributed by atoms with Crippen LogP contribution in [0.3, 0.4) is 0 Å². The molecule has 2 aliphatic rings. The molecule has 4 heterocycles. The van der Waals surface area contributed by atoms with E-state index in [0.717, 1.165) is 63.6 Å². The van der Waals surface area contributed by atoms with E-state index >= 15 is 0 Å². The number of nitrogens with two attached hydrogens (primary N) is 2. The summed E-state index contributed by atoms with van der Waals surface area (Å²) in [4.78, 5) is 52.0. The first kappa shape index (κ1) is 39.6. The number of fused-ring (bicyclic) bond motifs is 2. The molecule has 0 saturated carbocycles. The van der Waals surface area contributed by atoms with E-state index in [2.05, 4.69) is 46.4 Å². The third-order valence-electron chi connectivity index (χ3n) is 6.82. The maximum atomic E-state index is 12.8. The molecule has 0 radical (unpaired) electrons. The van der Waals surface area contributed by atoms with E-state index in [-0.39, 0.29) is 11.8 Å². The molecule has 2 aliphatic heterocycles. The van der Waals surface area contributed by atoms with Crippen molar-refractivity contribution in [1.82, 2.24) is 9.80 Å². The van der Waals surface area contributed by atoms with Crippen molar-refractivity contribution in [2.75, 3.05) is 33.3 Å². The van der Waals surface area contributed by atoms with Gasteiger partial charge in [0.1, 0.15) is 16.5 Å². The third kappa shape index (κ3) is 11.3. The zero-order valence-corrected chi connectivity index (χ0v) is 30.8. The van der Waals surface area contributed by atoms with Crippen molar-refractivity contribution in [3.63, 3.8) is 0 Å². The van der Waals surface area contributed by atoms with Crippen molar-refractivity contribution >= 4 is 91.6 Å². The first-order valence-corrected chi connectivity index (χ1v) is 17.8. The van der Waals surface area contributed by atoms with Gasteiger partial charge in [-0.05, 0) is 65.9 Å². The monoisotopic (exact) mass is 746 g/mol. The summed E-state index contributed by atoms with van der Waals surface area (Å²) in [6.45, 7) is 15.8. The molecule has 14 heteroatoms. The first-order chi connectivity index (χ1) is 22.5. The second kappa shape index (κ2) is 20.0. The van der Waals surface area contributed by atoms with Crippen molar-refractivity contribution in [3.05, 3.63) is 48.3 Å². The molecule has 4 rings (SSSR count). The predicted octanol–water partition coefficient (Wildman–Crippen LogP) is 6.86. The van der Waals surface area contributed by atoms with E-state index in [4.69, 9.17) is 20.9 Å². The van der Waals surface area contributed by atoms with Gasteiger partial charge in [-0.3, -0.25) is 9.59 Å². The molecule has 47 heavy (non-hydrogen) atoms. The van der Waals surface area contributed by atoms with E-state index in [1.54, 1.807) is 23.5 Å². The second-order valence-electron chi connectivity index (χ2n) is 10.6. The van der Waals surface area contributed by atoms with Gasteiger partial charge in [0.2, 0.25) is 11.8 Å². The number of halogens is 1. The summed E-state index contributed by atoms with van der Waals surface area (Å²) in [6, 6.07) is 3.59. The molecule has 0 saturated heterocycles. The molecule has 0 aromatic carbocycles. The van der Waals surface area contributed by atoms with Crippen LogP contribution in [0.1, 0.15) is 85.6 Å². The van der Waals surface area contributed by atoms with E-state index in [0.29, 0.717) is 53.7 Å². The first-order valence-electron chi connectivity index (χ1n) is 15.4. The molecular weight excluding hydrogens is 704 g/mol. The predicted molar refractivity (Wildman–Crippen MR) is 194 cm³/mol. The van der Waals surface area contributed by atoms with E-state index in [1.807, 2.05) is 35.8 Å². The summed E-state index contributed by atoms with van der Waals surface area (Å²) < 4.78 is 13.2. The zero-order chi connectivity index (χ0) is 35.1. The van der Waals surface area contributed by atoms with Gasteiger partial charge in [-0.25, -0.2) is 14.8 Å². The van der Waals surface area contributed by atoms with Crippen LogP contribution in [0, 0.1) is 6.65 Å².